The van der Waals surface area contributed by atoms with E-state index in [9.17, 15) is 0 Å². The van der Waals surface area contributed by atoms with Crippen molar-refractivity contribution in [2.24, 2.45) is 4.99 Å². The lowest BCUT2D eigenvalue weighted by Gasteiger charge is -2.29. The number of nitrogens with one attached hydrogen (secondary N) is 2. The predicted octanol–water partition coefficient (Wildman–Crippen LogP) is 3.38. The number of guanidine groups is 1. The molecule has 3 rings (SSSR count). The first-order valence-electron chi connectivity index (χ1n) is 10.7. The summed E-state index contributed by atoms with van der Waals surface area (Å²) in [6.45, 7) is 3.66. The Morgan fingerprint density at radius 2 is 1.67 bits per heavy atom. The second kappa shape index (κ2) is 11.6. The highest BCUT2D eigenvalue weighted by atomic mass is 16.5. The number of ether oxygens (including phenoxy) is 2. The number of aliphatic imine (C=N–C) groups is 1. The second-order valence-corrected chi connectivity index (χ2v) is 7.50. The molecule has 0 saturated carbocycles. The van der Waals surface area contributed by atoms with Gasteiger partial charge in [0.25, 0.3) is 0 Å². The maximum Gasteiger partial charge on any atom is 0.191 e. The normalized spacial score (nSPS) is 16.8. The van der Waals surface area contributed by atoms with Crippen LogP contribution < -0.4 is 15.4 Å². The first-order valence-corrected chi connectivity index (χ1v) is 10.7. The van der Waals surface area contributed by atoms with Gasteiger partial charge in [0, 0.05) is 27.2 Å². The molecule has 6 heteroatoms. The fraction of sp³-hybridized carbons (Fsp3) is 0.458. The molecule has 30 heavy (non-hydrogen) atoms. The highest BCUT2D eigenvalue weighted by molar-refractivity contribution is 5.79. The Kier molecular flexibility index (Phi) is 8.53. The van der Waals surface area contributed by atoms with E-state index < -0.39 is 0 Å². The molecule has 0 radical (unpaired) electrons. The highest BCUT2D eigenvalue weighted by Gasteiger charge is 2.24. The molecule has 1 aliphatic rings. The number of methoxy groups -OCH3 is 2. The van der Waals surface area contributed by atoms with Gasteiger partial charge in [0.2, 0.25) is 0 Å². The summed E-state index contributed by atoms with van der Waals surface area (Å²) in [5, 5.41) is 6.92. The number of nitrogens with zero attached hydrogens (tertiary/aromatic N) is 2. The van der Waals surface area contributed by atoms with E-state index in [-0.39, 0.29) is 12.1 Å². The van der Waals surface area contributed by atoms with Crippen LogP contribution in [0.5, 0.6) is 5.75 Å². The lowest BCUT2D eigenvalue weighted by molar-refractivity contribution is 0.106. The van der Waals surface area contributed by atoms with Crippen molar-refractivity contribution in [1.29, 1.82) is 0 Å². The maximum absolute atomic E-state index is 5.67. The van der Waals surface area contributed by atoms with Gasteiger partial charge in [0.15, 0.2) is 5.96 Å². The molecule has 1 aliphatic heterocycles. The molecule has 1 heterocycles. The highest BCUT2D eigenvalue weighted by Crippen LogP contribution is 2.27. The molecule has 1 fully saturated rings. The second-order valence-electron chi connectivity index (χ2n) is 7.50. The Morgan fingerprint density at radius 1 is 0.967 bits per heavy atom. The average molecular weight is 411 g/mol. The molecule has 0 bridgehead atoms. The van der Waals surface area contributed by atoms with Crippen molar-refractivity contribution in [2.45, 2.75) is 25.0 Å². The molecule has 6 nitrogen and oxygen atoms in total. The lowest BCUT2D eigenvalue weighted by Crippen LogP contribution is -2.43. The van der Waals surface area contributed by atoms with Crippen LogP contribution in [0.15, 0.2) is 59.6 Å². The summed E-state index contributed by atoms with van der Waals surface area (Å²) >= 11 is 0. The number of hydrogen-bond donors (Lipinski definition) is 2. The summed E-state index contributed by atoms with van der Waals surface area (Å²) in [4.78, 5) is 6.95. The topological polar surface area (TPSA) is 58.1 Å². The van der Waals surface area contributed by atoms with Crippen molar-refractivity contribution in [3.05, 3.63) is 65.7 Å². The van der Waals surface area contributed by atoms with Crippen LogP contribution in [0.4, 0.5) is 0 Å². The van der Waals surface area contributed by atoms with Crippen molar-refractivity contribution in [3.63, 3.8) is 0 Å². The minimum atomic E-state index is -0.0301. The van der Waals surface area contributed by atoms with Gasteiger partial charge >= 0.3 is 0 Å². The van der Waals surface area contributed by atoms with E-state index in [2.05, 4.69) is 50.9 Å². The maximum atomic E-state index is 5.67. The predicted molar refractivity (Wildman–Crippen MR) is 122 cm³/mol. The van der Waals surface area contributed by atoms with E-state index in [1.807, 2.05) is 24.3 Å². The van der Waals surface area contributed by atoms with E-state index >= 15 is 0 Å². The zero-order chi connectivity index (χ0) is 21.2. The number of benzene rings is 2. The largest absolute Gasteiger partial charge is 0.497 e. The van der Waals surface area contributed by atoms with Gasteiger partial charge in [-0.25, -0.2) is 0 Å². The minimum absolute atomic E-state index is 0.0301. The van der Waals surface area contributed by atoms with Crippen molar-refractivity contribution in [2.75, 3.05) is 47.4 Å². The van der Waals surface area contributed by atoms with Crippen LogP contribution in [0.3, 0.4) is 0 Å². The Hall–Kier alpha value is -2.57. The molecule has 2 aromatic carbocycles. The van der Waals surface area contributed by atoms with E-state index in [0.29, 0.717) is 6.54 Å². The zero-order valence-corrected chi connectivity index (χ0v) is 18.3. The molecule has 0 amide bonds. The smallest absolute Gasteiger partial charge is 0.191 e. The molecular formula is C24H34N4O2. The van der Waals surface area contributed by atoms with E-state index in [1.54, 1.807) is 21.3 Å². The number of likely N-dealkylation sites (tertiary alicyclic amines) is 1. The molecule has 2 aromatic rings. The van der Waals surface area contributed by atoms with Crippen LogP contribution in [0.1, 0.15) is 36.1 Å². The van der Waals surface area contributed by atoms with Crippen LogP contribution in [0.2, 0.25) is 0 Å². The third kappa shape index (κ3) is 5.97. The fourth-order valence-electron chi connectivity index (χ4n) is 3.97. The molecule has 162 valence electrons. The minimum Gasteiger partial charge on any atom is -0.497 e. The molecule has 2 unspecified atom stereocenters. The number of hydrogen-bond acceptors (Lipinski definition) is 4. The van der Waals surface area contributed by atoms with Crippen LogP contribution in [-0.4, -0.2) is 58.3 Å². The average Bonchev–Trinajstić information content (AvgIpc) is 3.33. The van der Waals surface area contributed by atoms with E-state index in [0.717, 1.165) is 36.9 Å². The van der Waals surface area contributed by atoms with Gasteiger partial charge in [-0.3, -0.25) is 9.89 Å². The van der Waals surface area contributed by atoms with Gasteiger partial charge in [0.05, 0.1) is 19.3 Å². The van der Waals surface area contributed by atoms with Gasteiger partial charge < -0.3 is 20.1 Å². The first-order chi connectivity index (χ1) is 14.7. The molecule has 2 N–H and O–H groups in total. The molecule has 0 spiro atoms. The molecule has 1 saturated heterocycles. The molecule has 0 aliphatic carbocycles. The van der Waals surface area contributed by atoms with Crippen molar-refractivity contribution < 1.29 is 9.47 Å². The summed E-state index contributed by atoms with van der Waals surface area (Å²) < 4.78 is 11.1. The van der Waals surface area contributed by atoms with Crippen LogP contribution >= 0.6 is 0 Å². The Labute approximate surface area is 180 Å². The summed E-state index contributed by atoms with van der Waals surface area (Å²) in [7, 11) is 5.25. The van der Waals surface area contributed by atoms with Crippen molar-refractivity contribution in [1.82, 2.24) is 15.5 Å². The Balaban J connectivity index is 1.62. The van der Waals surface area contributed by atoms with Crippen molar-refractivity contribution >= 4 is 5.96 Å². The van der Waals surface area contributed by atoms with E-state index in [4.69, 9.17) is 9.47 Å². The lowest BCUT2D eigenvalue weighted by atomic mass is 10.1. The summed E-state index contributed by atoms with van der Waals surface area (Å²) in [5.41, 5.74) is 2.41. The van der Waals surface area contributed by atoms with Gasteiger partial charge in [-0.15, -0.1) is 0 Å². The van der Waals surface area contributed by atoms with Crippen LogP contribution in [0, 0.1) is 0 Å². The van der Waals surface area contributed by atoms with Gasteiger partial charge in [0.1, 0.15) is 5.75 Å². The number of rotatable bonds is 9. The van der Waals surface area contributed by atoms with Gasteiger partial charge in [-0.05, 0) is 49.2 Å². The van der Waals surface area contributed by atoms with Crippen molar-refractivity contribution in [3.8, 4) is 5.75 Å². The standard InChI is InChI=1S/C24H34N4O2/c1-25-24(27-18-23(30-3)19-10-5-4-6-11-19)26-17-22(28-14-7-8-15-28)20-12-9-13-21(16-20)29-2/h4-6,9-13,16,22-23H,7-8,14-15,17-18H2,1-3H3,(H2,25,26,27). The summed E-state index contributed by atoms with van der Waals surface area (Å²) in [6.07, 6.45) is 2.47. The third-order valence-electron chi connectivity index (χ3n) is 5.66. The summed E-state index contributed by atoms with van der Waals surface area (Å²) in [6, 6.07) is 18.9. The van der Waals surface area contributed by atoms with Crippen LogP contribution in [-0.2, 0) is 4.74 Å². The monoisotopic (exact) mass is 410 g/mol. The molecule has 2 atom stereocenters. The van der Waals surface area contributed by atoms with E-state index in [1.165, 1.54) is 18.4 Å². The first kappa shape index (κ1) is 22.1. The Bertz CT molecular complexity index is 791. The van der Waals surface area contributed by atoms with Crippen LogP contribution in [0.25, 0.3) is 0 Å². The SMILES string of the molecule is CN=C(NCC(OC)c1ccccc1)NCC(c1cccc(OC)c1)N1CCCC1. The molecular weight excluding hydrogens is 376 g/mol. The zero-order valence-electron chi connectivity index (χ0n) is 18.3. The quantitative estimate of drug-likeness (QED) is 0.490. The Morgan fingerprint density at radius 3 is 2.33 bits per heavy atom. The van der Waals surface area contributed by atoms with Gasteiger partial charge in [-0.2, -0.15) is 0 Å². The molecule has 0 aromatic heterocycles. The summed E-state index contributed by atoms with van der Waals surface area (Å²) in [5.74, 6) is 1.67. The fourth-order valence-corrected chi connectivity index (χ4v) is 3.97. The van der Waals surface area contributed by atoms with Gasteiger partial charge in [-0.1, -0.05) is 42.5 Å². The third-order valence-corrected chi connectivity index (χ3v) is 5.66.